The van der Waals surface area contributed by atoms with E-state index in [0.717, 1.165) is 28.3 Å². The second kappa shape index (κ2) is 6.00. The van der Waals surface area contributed by atoms with E-state index in [9.17, 15) is 4.79 Å². The zero-order valence-corrected chi connectivity index (χ0v) is 13.2. The van der Waals surface area contributed by atoms with E-state index < -0.39 is 5.37 Å². The van der Waals surface area contributed by atoms with Crippen molar-refractivity contribution >= 4 is 39.0 Å². The Balaban J connectivity index is 2.14. The van der Waals surface area contributed by atoms with Gasteiger partial charge >= 0.3 is 5.37 Å². The van der Waals surface area contributed by atoms with E-state index >= 15 is 0 Å². The lowest BCUT2D eigenvalue weighted by molar-refractivity contribution is 0.264. The Kier molecular flexibility index (Phi) is 4.08. The van der Waals surface area contributed by atoms with E-state index in [0.29, 0.717) is 13.1 Å². The molecular weight excluding hydrogens is 304 g/mol. The van der Waals surface area contributed by atoms with Gasteiger partial charge < -0.3 is 0 Å². The van der Waals surface area contributed by atoms with Crippen LogP contribution in [0.3, 0.4) is 0 Å². The summed E-state index contributed by atoms with van der Waals surface area (Å²) in [6, 6.07) is 12.2. The first-order valence-corrected chi connectivity index (χ1v) is 8.10. The van der Waals surface area contributed by atoms with Gasteiger partial charge in [0.2, 0.25) is 0 Å². The molecule has 0 atom stereocenters. The third kappa shape index (κ3) is 2.74. The smallest absolute Gasteiger partial charge is 0.288 e. The molecule has 3 rings (SSSR count). The van der Waals surface area contributed by atoms with Gasteiger partial charge in [0.1, 0.15) is 5.00 Å². The van der Waals surface area contributed by atoms with E-state index in [1.807, 2.05) is 30.3 Å². The molecule has 0 spiro atoms. The number of carbonyl (C=O) groups excluding carboxylic acids is 1. The van der Waals surface area contributed by atoms with Crippen LogP contribution in [0, 0.1) is 0 Å². The lowest BCUT2D eigenvalue weighted by Crippen LogP contribution is -2.27. The maximum Gasteiger partial charge on any atom is 0.321 e. The van der Waals surface area contributed by atoms with Gasteiger partial charge in [-0.05, 0) is 24.1 Å². The van der Waals surface area contributed by atoms with Crippen molar-refractivity contribution in [2.75, 3.05) is 18.0 Å². The summed E-state index contributed by atoms with van der Waals surface area (Å²) in [6.07, 6.45) is 0.935. The standard InChI is InChI=1S/C16H15ClN2OS/c1-2-12-10-13-14(11-6-4-3-5-7-11)18-8-9-19(16(17)20)15(13)21-12/h3-7,10H,2,8-9H2,1H3. The summed E-state index contributed by atoms with van der Waals surface area (Å²) in [7, 11) is 0. The molecule has 2 heterocycles. The zero-order chi connectivity index (χ0) is 14.8. The minimum atomic E-state index is -0.440. The molecule has 0 saturated heterocycles. The van der Waals surface area contributed by atoms with Crippen LogP contribution in [0.4, 0.5) is 9.80 Å². The monoisotopic (exact) mass is 318 g/mol. The number of carbonyl (C=O) groups is 1. The minimum Gasteiger partial charge on any atom is -0.288 e. The Hall–Kier alpha value is -1.65. The SMILES string of the molecule is CCc1cc2c(s1)N(C(=O)Cl)CCN=C2c1ccccc1. The number of amides is 1. The highest BCUT2D eigenvalue weighted by molar-refractivity contribution is 7.17. The van der Waals surface area contributed by atoms with Gasteiger partial charge in [-0.25, -0.2) is 0 Å². The third-order valence-corrected chi connectivity index (χ3v) is 4.97. The summed E-state index contributed by atoms with van der Waals surface area (Å²) in [5.41, 5.74) is 3.03. The van der Waals surface area contributed by atoms with Gasteiger partial charge in [-0.2, -0.15) is 0 Å². The van der Waals surface area contributed by atoms with Crippen molar-refractivity contribution in [2.45, 2.75) is 13.3 Å². The van der Waals surface area contributed by atoms with Crippen LogP contribution in [0.15, 0.2) is 41.4 Å². The molecule has 1 aliphatic heterocycles. The van der Waals surface area contributed by atoms with Gasteiger partial charge in [0.15, 0.2) is 0 Å². The summed E-state index contributed by atoms with van der Waals surface area (Å²) in [5.74, 6) is 0. The van der Waals surface area contributed by atoms with Crippen LogP contribution in [0.1, 0.15) is 22.9 Å². The molecule has 0 saturated carbocycles. The molecule has 0 aliphatic carbocycles. The molecule has 1 amide bonds. The van der Waals surface area contributed by atoms with Crippen molar-refractivity contribution in [3.63, 3.8) is 0 Å². The number of benzene rings is 1. The summed E-state index contributed by atoms with van der Waals surface area (Å²) in [5, 5.41) is 0.470. The first kappa shape index (κ1) is 14.3. The van der Waals surface area contributed by atoms with Crippen LogP contribution < -0.4 is 4.90 Å². The lowest BCUT2D eigenvalue weighted by atomic mass is 10.0. The van der Waals surface area contributed by atoms with E-state index in [4.69, 9.17) is 11.6 Å². The fourth-order valence-electron chi connectivity index (χ4n) is 2.43. The quantitative estimate of drug-likeness (QED) is 0.599. The first-order valence-electron chi connectivity index (χ1n) is 6.90. The van der Waals surface area contributed by atoms with Gasteiger partial charge in [-0.3, -0.25) is 14.7 Å². The van der Waals surface area contributed by atoms with Crippen LogP contribution >= 0.6 is 22.9 Å². The van der Waals surface area contributed by atoms with Crippen molar-refractivity contribution in [3.05, 3.63) is 52.4 Å². The number of fused-ring (bicyclic) bond motifs is 1. The van der Waals surface area contributed by atoms with Gasteiger partial charge in [0.05, 0.1) is 12.3 Å². The molecule has 21 heavy (non-hydrogen) atoms. The molecule has 0 bridgehead atoms. The summed E-state index contributed by atoms with van der Waals surface area (Å²) >= 11 is 7.37. The molecule has 3 nitrogen and oxygen atoms in total. The Morgan fingerprint density at radius 1 is 1.38 bits per heavy atom. The number of hydrogen-bond donors (Lipinski definition) is 0. The lowest BCUT2D eigenvalue weighted by Gasteiger charge is -2.16. The Morgan fingerprint density at radius 2 is 2.14 bits per heavy atom. The molecule has 2 aromatic rings. The van der Waals surface area contributed by atoms with Crippen molar-refractivity contribution in [1.29, 1.82) is 0 Å². The van der Waals surface area contributed by atoms with Crippen LogP contribution in [0.25, 0.3) is 0 Å². The van der Waals surface area contributed by atoms with Crippen molar-refractivity contribution < 1.29 is 4.79 Å². The number of rotatable bonds is 2. The number of hydrogen-bond acceptors (Lipinski definition) is 3. The first-order chi connectivity index (χ1) is 10.2. The summed E-state index contributed by atoms with van der Waals surface area (Å²) < 4.78 is 0. The number of anilines is 1. The third-order valence-electron chi connectivity index (χ3n) is 3.47. The molecule has 108 valence electrons. The van der Waals surface area contributed by atoms with E-state index in [2.05, 4.69) is 18.0 Å². The normalized spacial score (nSPS) is 14.4. The molecular formula is C16H15ClN2OS. The molecule has 1 aliphatic rings. The van der Waals surface area contributed by atoms with Crippen LogP contribution in [-0.2, 0) is 6.42 Å². The predicted octanol–water partition coefficient (Wildman–Crippen LogP) is 4.33. The van der Waals surface area contributed by atoms with Gasteiger partial charge in [0, 0.05) is 22.5 Å². The maximum absolute atomic E-state index is 11.7. The molecule has 0 fully saturated rings. The molecule has 0 radical (unpaired) electrons. The Labute approximate surface area is 132 Å². The topological polar surface area (TPSA) is 32.7 Å². The molecule has 0 N–H and O–H groups in total. The molecule has 5 heteroatoms. The van der Waals surface area contributed by atoms with Crippen LogP contribution in [0.2, 0.25) is 0 Å². The Bertz CT molecular complexity index is 694. The largest absolute Gasteiger partial charge is 0.321 e. The van der Waals surface area contributed by atoms with Gasteiger partial charge in [0.25, 0.3) is 0 Å². The second-order valence-electron chi connectivity index (χ2n) is 4.79. The van der Waals surface area contributed by atoms with Crippen molar-refractivity contribution in [3.8, 4) is 0 Å². The zero-order valence-electron chi connectivity index (χ0n) is 11.7. The van der Waals surface area contributed by atoms with E-state index in [1.54, 1.807) is 16.2 Å². The minimum absolute atomic E-state index is 0.440. The number of aryl methyl sites for hydroxylation is 1. The number of halogens is 1. The molecule has 1 aromatic carbocycles. The average Bonchev–Trinajstić information content (AvgIpc) is 2.83. The highest BCUT2D eigenvalue weighted by Gasteiger charge is 2.25. The van der Waals surface area contributed by atoms with Gasteiger partial charge in [-0.1, -0.05) is 37.3 Å². The fraction of sp³-hybridized carbons (Fsp3) is 0.250. The van der Waals surface area contributed by atoms with E-state index in [1.165, 1.54) is 4.88 Å². The van der Waals surface area contributed by atoms with Crippen LogP contribution in [-0.4, -0.2) is 24.2 Å². The highest BCUT2D eigenvalue weighted by atomic mass is 35.5. The molecule has 1 aromatic heterocycles. The maximum atomic E-state index is 11.7. The second-order valence-corrected chi connectivity index (χ2v) is 6.22. The number of thiophene rings is 1. The summed E-state index contributed by atoms with van der Waals surface area (Å²) in [6.45, 7) is 3.19. The Morgan fingerprint density at radius 3 is 2.81 bits per heavy atom. The van der Waals surface area contributed by atoms with Crippen LogP contribution in [0.5, 0.6) is 0 Å². The predicted molar refractivity (Wildman–Crippen MR) is 89.2 cm³/mol. The fourth-order valence-corrected chi connectivity index (χ4v) is 3.77. The highest BCUT2D eigenvalue weighted by Crippen LogP contribution is 2.36. The number of nitrogens with zero attached hydrogens (tertiary/aromatic N) is 2. The average molecular weight is 319 g/mol. The summed E-state index contributed by atoms with van der Waals surface area (Å²) in [4.78, 5) is 19.2. The van der Waals surface area contributed by atoms with E-state index in [-0.39, 0.29) is 0 Å². The molecule has 0 unspecified atom stereocenters. The van der Waals surface area contributed by atoms with Gasteiger partial charge in [-0.15, -0.1) is 11.3 Å². The van der Waals surface area contributed by atoms with Crippen molar-refractivity contribution in [1.82, 2.24) is 0 Å². The van der Waals surface area contributed by atoms with Crippen molar-refractivity contribution in [2.24, 2.45) is 4.99 Å². The number of aliphatic imine (C=N–C) groups is 1.